The molecule has 1 atom stereocenters. The van der Waals surface area contributed by atoms with Crippen molar-refractivity contribution < 1.29 is 14.4 Å². The number of hydrogen-bond donors (Lipinski definition) is 1. The van der Waals surface area contributed by atoms with Crippen LogP contribution in [0.3, 0.4) is 0 Å². The summed E-state index contributed by atoms with van der Waals surface area (Å²) in [5.74, 6) is 1.28. The smallest absolute Gasteiger partial charge is 0.269 e. The van der Waals surface area contributed by atoms with Gasteiger partial charge in [-0.2, -0.15) is 0 Å². The molecule has 1 aliphatic carbocycles. The fourth-order valence-corrected chi connectivity index (χ4v) is 3.87. The number of nitrogens with zero attached hydrogens (tertiary/aromatic N) is 1. The topological polar surface area (TPSA) is 73.6 Å². The van der Waals surface area contributed by atoms with Crippen LogP contribution in [0.25, 0.3) is 5.76 Å². The number of hydrogen-bond acceptors (Lipinski definition) is 5. The second-order valence-corrected chi connectivity index (χ2v) is 8.25. The van der Waals surface area contributed by atoms with E-state index in [2.05, 4.69) is 18.8 Å². The van der Waals surface area contributed by atoms with Crippen LogP contribution in [-0.4, -0.2) is 4.92 Å². The third-order valence-electron chi connectivity index (χ3n) is 5.50. The zero-order valence-corrected chi connectivity index (χ0v) is 19.7. The molecule has 0 amide bonds. The molecule has 0 heterocycles. The van der Waals surface area contributed by atoms with E-state index in [1.165, 1.54) is 24.0 Å². The summed E-state index contributed by atoms with van der Waals surface area (Å²) in [4.78, 5) is 10.6. The molecule has 0 bridgehead atoms. The Morgan fingerprint density at radius 1 is 1.24 bits per heavy atom. The van der Waals surface area contributed by atoms with Gasteiger partial charge in [0, 0.05) is 28.3 Å². The molecule has 1 unspecified atom stereocenters. The van der Waals surface area contributed by atoms with Crippen molar-refractivity contribution in [3.63, 3.8) is 0 Å². The molecule has 2 aromatic carbocycles. The van der Waals surface area contributed by atoms with Crippen LogP contribution in [0.2, 0.25) is 5.02 Å². The second kappa shape index (κ2) is 11.6. The highest BCUT2D eigenvalue weighted by Gasteiger charge is 2.22. The van der Waals surface area contributed by atoms with Crippen LogP contribution in [-0.2, 0) is 9.47 Å². The molecule has 0 spiro atoms. The average molecular weight is 469 g/mol. The van der Waals surface area contributed by atoms with E-state index in [1.54, 1.807) is 12.1 Å². The summed E-state index contributed by atoms with van der Waals surface area (Å²) in [7, 11) is 0. The molecular formula is C26H29ClN2O4. The first-order chi connectivity index (χ1) is 15.9. The fourth-order valence-electron chi connectivity index (χ4n) is 3.58. The summed E-state index contributed by atoms with van der Waals surface area (Å²) in [5.41, 5.74) is 3.69. The molecule has 6 nitrogen and oxygen atoms in total. The quantitative estimate of drug-likeness (QED) is 0.208. The highest BCUT2D eigenvalue weighted by Crippen LogP contribution is 2.34. The van der Waals surface area contributed by atoms with Gasteiger partial charge < -0.3 is 14.8 Å². The lowest BCUT2D eigenvalue weighted by Gasteiger charge is -2.28. The van der Waals surface area contributed by atoms with Crippen LogP contribution in [0, 0.1) is 10.1 Å². The highest BCUT2D eigenvalue weighted by molar-refractivity contribution is 6.31. The van der Waals surface area contributed by atoms with Gasteiger partial charge in [0.05, 0.1) is 16.9 Å². The number of halogens is 1. The summed E-state index contributed by atoms with van der Waals surface area (Å²) >= 11 is 6.39. The molecule has 1 saturated carbocycles. The summed E-state index contributed by atoms with van der Waals surface area (Å²) in [6.45, 7) is 7.75. The molecule has 1 N–H and O–H groups in total. The van der Waals surface area contributed by atoms with Crippen LogP contribution in [0.5, 0.6) is 0 Å². The SMILES string of the molecule is C=CO/C(=C(\CCC)NC(OC(C)c1ccccc1Cl)=C1CCC1)c1ccc([N+](=O)[O-])cc1. The maximum absolute atomic E-state index is 11.0. The summed E-state index contributed by atoms with van der Waals surface area (Å²) < 4.78 is 12.2. The Kier molecular flexibility index (Phi) is 8.55. The number of nitro benzene ring substituents is 1. The van der Waals surface area contributed by atoms with Gasteiger partial charge in [0.2, 0.25) is 0 Å². The predicted octanol–water partition coefficient (Wildman–Crippen LogP) is 7.64. The number of allylic oxidation sites excluding steroid dienone is 2. The molecule has 2 aromatic rings. The first-order valence-corrected chi connectivity index (χ1v) is 11.5. The average Bonchev–Trinajstić information content (AvgIpc) is 2.76. The molecule has 33 heavy (non-hydrogen) atoms. The molecule has 3 rings (SSSR count). The maximum atomic E-state index is 11.0. The van der Waals surface area contributed by atoms with Gasteiger partial charge in [-0.1, -0.05) is 49.7 Å². The van der Waals surface area contributed by atoms with E-state index in [1.807, 2.05) is 31.2 Å². The van der Waals surface area contributed by atoms with Crippen molar-refractivity contribution >= 4 is 23.0 Å². The van der Waals surface area contributed by atoms with Crippen molar-refractivity contribution in [1.29, 1.82) is 0 Å². The van der Waals surface area contributed by atoms with E-state index in [0.29, 0.717) is 28.6 Å². The molecule has 174 valence electrons. The fraction of sp³-hybridized carbons (Fsp3) is 0.308. The van der Waals surface area contributed by atoms with E-state index in [-0.39, 0.29) is 11.8 Å². The van der Waals surface area contributed by atoms with Crippen molar-refractivity contribution in [3.05, 3.63) is 105 Å². The number of nitrogens with one attached hydrogen (secondary N) is 1. The molecule has 0 aromatic heterocycles. The van der Waals surface area contributed by atoms with Crippen molar-refractivity contribution in [2.24, 2.45) is 0 Å². The lowest BCUT2D eigenvalue weighted by atomic mass is 9.92. The lowest BCUT2D eigenvalue weighted by molar-refractivity contribution is -0.384. The monoisotopic (exact) mass is 468 g/mol. The van der Waals surface area contributed by atoms with Crippen LogP contribution in [0.1, 0.15) is 63.2 Å². The van der Waals surface area contributed by atoms with Gasteiger partial charge in [-0.15, -0.1) is 0 Å². The molecule has 0 radical (unpaired) electrons. The third kappa shape index (κ3) is 6.17. The van der Waals surface area contributed by atoms with Gasteiger partial charge in [0.25, 0.3) is 5.69 Å². The number of rotatable bonds is 11. The van der Waals surface area contributed by atoms with Gasteiger partial charge in [0.15, 0.2) is 11.6 Å². The molecule has 1 aliphatic rings. The normalized spacial score (nSPS) is 14.5. The Morgan fingerprint density at radius 2 is 1.94 bits per heavy atom. The summed E-state index contributed by atoms with van der Waals surface area (Å²) in [6.07, 6.45) is 5.72. The standard InChI is InChI=1S/C26H29ClN2O4/c1-4-9-24(25(32-5-2)19-14-16-21(17-15-19)29(30)31)28-26(20-10-8-11-20)33-18(3)22-12-6-7-13-23(22)27/h5-7,12-18,28H,2,4,8-11H2,1,3H3/b25-24+. The van der Waals surface area contributed by atoms with E-state index < -0.39 is 4.92 Å². The summed E-state index contributed by atoms with van der Waals surface area (Å²) in [5, 5.41) is 15.2. The number of non-ortho nitro benzene ring substituents is 1. The van der Waals surface area contributed by atoms with Gasteiger partial charge >= 0.3 is 0 Å². The molecule has 0 aliphatic heterocycles. The maximum Gasteiger partial charge on any atom is 0.269 e. The van der Waals surface area contributed by atoms with E-state index in [9.17, 15) is 10.1 Å². The van der Waals surface area contributed by atoms with Crippen LogP contribution in [0.4, 0.5) is 5.69 Å². The molecule has 1 fully saturated rings. The minimum absolute atomic E-state index is 0.0240. The Morgan fingerprint density at radius 3 is 2.48 bits per heavy atom. The lowest BCUT2D eigenvalue weighted by Crippen LogP contribution is -2.23. The van der Waals surface area contributed by atoms with Gasteiger partial charge in [0.1, 0.15) is 6.10 Å². The number of nitro groups is 1. The van der Waals surface area contributed by atoms with Gasteiger partial charge in [-0.05, 0) is 56.4 Å². The zero-order valence-electron chi connectivity index (χ0n) is 19.0. The Labute approximate surface area is 199 Å². The van der Waals surface area contributed by atoms with Crippen LogP contribution < -0.4 is 5.32 Å². The van der Waals surface area contributed by atoms with Crippen molar-refractivity contribution in [3.8, 4) is 0 Å². The first-order valence-electron chi connectivity index (χ1n) is 11.1. The van der Waals surface area contributed by atoms with Crippen LogP contribution in [0.15, 0.2) is 78.5 Å². The summed E-state index contributed by atoms with van der Waals surface area (Å²) in [6, 6.07) is 13.9. The van der Waals surface area contributed by atoms with Gasteiger partial charge in [-0.25, -0.2) is 0 Å². The van der Waals surface area contributed by atoms with E-state index >= 15 is 0 Å². The first kappa shape index (κ1) is 24.4. The van der Waals surface area contributed by atoms with Gasteiger partial charge in [-0.3, -0.25) is 10.1 Å². The Bertz CT molecular complexity index is 1050. The largest absolute Gasteiger partial charge is 0.471 e. The van der Waals surface area contributed by atoms with Crippen LogP contribution >= 0.6 is 11.6 Å². The third-order valence-corrected chi connectivity index (χ3v) is 5.84. The Balaban J connectivity index is 1.96. The number of ether oxygens (including phenoxy) is 2. The van der Waals surface area contributed by atoms with E-state index in [0.717, 1.165) is 36.9 Å². The second-order valence-electron chi connectivity index (χ2n) is 7.84. The zero-order chi connectivity index (χ0) is 23.8. The minimum atomic E-state index is -0.421. The predicted molar refractivity (Wildman–Crippen MR) is 131 cm³/mol. The molecule has 7 heteroatoms. The molecule has 0 saturated heterocycles. The number of benzene rings is 2. The molecular weight excluding hydrogens is 440 g/mol. The Hall–Kier alpha value is -3.25. The van der Waals surface area contributed by atoms with Crippen molar-refractivity contribution in [1.82, 2.24) is 5.32 Å². The van der Waals surface area contributed by atoms with E-state index in [4.69, 9.17) is 21.1 Å². The van der Waals surface area contributed by atoms with Crippen molar-refractivity contribution in [2.75, 3.05) is 0 Å². The highest BCUT2D eigenvalue weighted by atomic mass is 35.5. The van der Waals surface area contributed by atoms with Crippen molar-refractivity contribution in [2.45, 2.75) is 52.1 Å². The minimum Gasteiger partial charge on any atom is -0.471 e.